The van der Waals surface area contributed by atoms with E-state index in [1.165, 1.54) is 6.92 Å². The number of carbonyl (C=O) groups is 2. The van der Waals surface area contributed by atoms with E-state index >= 15 is 0 Å². The average Bonchev–Trinajstić information content (AvgIpc) is 2.14. The number of carbonyl (C=O) groups excluding carboxylic acids is 1. The van der Waals surface area contributed by atoms with Gasteiger partial charge in [0.15, 0.2) is 0 Å². The zero-order valence-corrected chi connectivity index (χ0v) is 8.51. The van der Waals surface area contributed by atoms with Crippen molar-refractivity contribution >= 4 is 12.0 Å². The Labute approximate surface area is 85.8 Å². The van der Waals surface area contributed by atoms with Crippen molar-refractivity contribution in [2.45, 2.75) is 32.2 Å². The second-order valence-electron chi connectivity index (χ2n) is 3.22. The highest BCUT2D eigenvalue weighted by molar-refractivity contribution is 5.85. The summed E-state index contributed by atoms with van der Waals surface area (Å²) in [6, 6.07) is -0.915. The van der Waals surface area contributed by atoms with Gasteiger partial charge in [0.2, 0.25) is 0 Å². The van der Waals surface area contributed by atoms with Crippen LogP contribution in [0.15, 0.2) is 0 Å². The number of nitrogens with one attached hydrogen (secondary N) is 2. The standard InChI is InChI=1S/C8H14F2N2O3/c1-3-8(2,6(13)14)12-7(15)11-4-5(9)10/h5H,3-4H2,1-2H3,(H,13,14)(H2,11,12,15). The van der Waals surface area contributed by atoms with Gasteiger partial charge in [0.05, 0.1) is 6.54 Å². The molecule has 0 aromatic rings. The van der Waals surface area contributed by atoms with E-state index in [1.54, 1.807) is 6.92 Å². The van der Waals surface area contributed by atoms with Crippen molar-refractivity contribution < 1.29 is 23.5 Å². The van der Waals surface area contributed by atoms with E-state index in [0.717, 1.165) is 0 Å². The predicted octanol–water partition coefficient (Wildman–Crippen LogP) is 0.804. The van der Waals surface area contributed by atoms with Crippen LogP contribution in [0.5, 0.6) is 0 Å². The summed E-state index contributed by atoms with van der Waals surface area (Å²) in [7, 11) is 0. The van der Waals surface area contributed by atoms with Crippen LogP contribution >= 0.6 is 0 Å². The Kier molecular flexibility index (Phi) is 4.96. The van der Waals surface area contributed by atoms with E-state index in [-0.39, 0.29) is 6.42 Å². The van der Waals surface area contributed by atoms with Crippen LogP contribution < -0.4 is 10.6 Å². The highest BCUT2D eigenvalue weighted by atomic mass is 19.3. The molecule has 3 N–H and O–H groups in total. The van der Waals surface area contributed by atoms with Gasteiger partial charge >= 0.3 is 12.0 Å². The van der Waals surface area contributed by atoms with Crippen molar-refractivity contribution in [3.05, 3.63) is 0 Å². The summed E-state index contributed by atoms with van der Waals surface area (Å²) in [5, 5.41) is 12.7. The normalized spacial score (nSPS) is 14.5. The number of urea groups is 1. The Bertz CT molecular complexity index is 248. The monoisotopic (exact) mass is 224 g/mol. The lowest BCUT2D eigenvalue weighted by atomic mass is 10.00. The van der Waals surface area contributed by atoms with Crippen molar-refractivity contribution in [3.8, 4) is 0 Å². The van der Waals surface area contributed by atoms with Crippen molar-refractivity contribution in [1.82, 2.24) is 10.6 Å². The van der Waals surface area contributed by atoms with E-state index in [9.17, 15) is 18.4 Å². The molecule has 0 saturated heterocycles. The molecule has 0 fully saturated rings. The Morgan fingerprint density at radius 1 is 1.47 bits per heavy atom. The molecule has 0 saturated carbocycles. The first kappa shape index (κ1) is 13.6. The lowest BCUT2D eigenvalue weighted by Crippen LogP contribution is -2.55. The Morgan fingerprint density at radius 3 is 2.33 bits per heavy atom. The van der Waals surface area contributed by atoms with Gasteiger partial charge in [0.1, 0.15) is 5.54 Å². The lowest BCUT2D eigenvalue weighted by molar-refractivity contribution is -0.143. The van der Waals surface area contributed by atoms with Gasteiger partial charge < -0.3 is 15.7 Å². The summed E-state index contributed by atoms with van der Waals surface area (Å²) < 4.78 is 23.4. The fourth-order valence-electron chi connectivity index (χ4n) is 0.758. The summed E-state index contributed by atoms with van der Waals surface area (Å²) in [5.74, 6) is -1.21. The van der Waals surface area contributed by atoms with Crippen molar-refractivity contribution in [2.75, 3.05) is 6.54 Å². The highest BCUT2D eigenvalue weighted by Gasteiger charge is 2.32. The van der Waals surface area contributed by atoms with Gasteiger partial charge in [0, 0.05) is 0 Å². The number of rotatable bonds is 5. The van der Waals surface area contributed by atoms with Crippen LogP contribution in [0.25, 0.3) is 0 Å². The smallest absolute Gasteiger partial charge is 0.329 e. The third kappa shape index (κ3) is 4.57. The van der Waals surface area contributed by atoms with Crippen LogP contribution in [-0.4, -0.2) is 35.6 Å². The third-order valence-corrected chi connectivity index (χ3v) is 1.99. The molecule has 0 aromatic heterocycles. The van der Waals surface area contributed by atoms with Crippen molar-refractivity contribution in [1.29, 1.82) is 0 Å². The van der Waals surface area contributed by atoms with E-state index in [2.05, 4.69) is 5.32 Å². The first-order valence-electron chi connectivity index (χ1n) is 4.39. The molecule has 0 radical (unpaired) electrons. The van der Waals surface area contributed by atoms with Crippen molar-refractivity contribution in [3.63, 3.8) is 0 Å². The molecule has 88 valence electrons. The van der Waals surface area contributed by atoms with Gasteiger partial charge in [-0.3, -0.25) is 0 Å². The van der Waals surface area contributed by atoms with E-state index in [0.29, 0.717) is 0 Å². The SMILES string of the molecule is CCC(C)(NC(=O)NCC(F)F)C(=O)O. The molecule has 7 heteroatoms. The zero-order chi connectivity index (χ0) is 12.1. The fraction of sp³-hybridized carbons (Fsp3) is 0.750. The second kappa shape index (κ2) is 5.47. The van der Waals surface area contributed by atoms with Gasteiger partial charge in [-0.1, -0.05) is 6.92 Å². The maximum Gasteiger partial charge on any atom is 0.329 e. The molecule has 0 aromatic carbocycles. The Hall–Kier alpha value is -1.40. The quantitative estimate of drug-likeness (QED) is 0.646. The molecule has 2 amide bonds. The summed E-state index contributed by atoms with van der Waals surface area (Å²) in [6.45, 7) is 2.07. The van der Waals surface area contributed by atoms with E-state index < -0.39 is 30.5 Å². The van der Waals surface area contributed by atoms with Gasteiger partial charge in [-0.15, -0.1) is 0 Å². The number of halogens is 2. The van der Waals surface area contributed by atoms with E-state index in [1.807, 2.05) is 5.32 Å². The Morgan fingerprint density at radius 2 is 2.00 bits per heavy atom. The number of hydrogen-bond acceptors (Lipinski definition) is 2. The van der Waals surface area contributed by atoms with Crippen molar-refractivity contribution in [2.24, 2.45) is 0 Å². The van der Waals surface area contributed by atoms with Gasteiger partial charge in [-0.05, 0) is 13.3 Å². The largest absolute Gasteiger partial charge is 0.480 e. The molecule has 0 heterocycles. The number of amides is 2. The number of carboxylic acid groups (broad SMARTS) is 1. The molecule has 0 bridgehead atoms. The van der Waals surface area contributed by atoms with E-state index in [4.69, 9.17) is 5.11 Å². The minimum Gasteiger partial charge on any atom is -0.480 e. The molecule has 1 unspecified atom stereocenters. The molecule has 0 rings (SSSR count). The van der Waals surface area contributed by atoms with Gasteiger partial charge in [-0.25, -0.2) is 18.4 Å². The second-order valence-corrected chi connectivity index (χ2v) is 3.22. The predicted molar refractivity (Wildman–Crippen MR) is 48.9 cm³/mol. The molecule has 0 aliphatic rings. The number of aliphatic carboxylic acids is 1. The number of hydrogen-bond donors (Lipinski definition) is 3. The summed E-state index contributed by atoms with van der Waals surface area (Å²) in [5.41, 5.74) is -1.44. The highest BCUT2D eigenvalue weighted by Crippen LogP contribution is 2.08. The van der Waals surface area contributed by atoms with Crippen LogP contribution in [0.4, 0.5) is 13.6 Å². The first-order chi connectivity index (χ1) is 6.81. The minimum atomic E-state index is -2.66. The molecular formula is C8H14F2N2O3. The van der Waals surface area contributed by atoms with Crippen LogP contribution in [0, 0.1) is 0 Å². The maximum absolute atomic E-state index is 11.7. The summed E-state index contributed by atoms with van der Waals surface area (Å²) >= 11 is 0. The minimum absolute atomic E-state index is 0.157. The van der Waals surface area contributed by atoms with Crippen LogP contribution in [0.1, 0.15) is 20.3 Å². The molecule has 0 aliphatic heterocycles. The zero-order valence-electron chi connectivity index (χ0n) is 8.51. The first-order valence-corrected chi connectivity index (χ1v) is 4.39. The molecule has 15 heavy (non-hydrogen) atoms. The summed E-state index contributed by atoms with van der Waals surface area (Å²) in [6.07, 6.45) is -2.50. The molecule has 5 nitrogen and oxygen atoms in total. The van der Waals surface area contributed by atoms with Gasteiger partial charge in [-0.2, -0.15) is 0 Å². The molecule has 0 spiro atoms. The van der Waals surface area contributed by atoms with Crippen LogP contribution in [-0.2, 0) is 4.79 Å². The molecule has 1 atom stereocenters. The molecule has 0 aliphatic carbocycles. The average molecular weight is 224 g/mol. The third-order valence-electron chi connectivity index (χ3n) is 1.99. The number of alkyl halides is 2. The van der Waals surface area contributed by atoms with Crippen LogP contribution in [0.2, 0.25) is 0 Å². The molecular weight excluding hydrogens is 210 g/mol. The Balaban J connectivity index is 4.19. The lowest BCUT2D eigenvalue weighted by Gasteiger charge is -2.24. The van der Waals surface area contributed by atoms with Crippen LogP contribution in [0.3, 0.4) is 0 Å². The maximum atomic E-state index is 11.7. The topological polar surface area (TPSA) is 78.4 Å². The summed E-state index contributed by atoms with van der Waals surface area (Å²) in [4.78, 5) is 21.7. The number of carboxylic acids is 1. The fourth-order valence-corrected chi connectivity index (χ4v) is 0.758. The van der Waals surface area contributed by atoms with Gasteiger partial charge in [0.25, 0.3) is 6.43 Å².